The van der Waals surface area contributed by atoms with Crippen LogP contribution in [-0.4, -0.2) is 35.2 Å². The zero-order valence-electron chi connectivity index (χ0n) is 14.7. The maximum atomic E-state index is 9.04. The minimum absolute atomic E-state index is 0.140. The molecule has 0 aliphatic carbocycles. The Hall–Kier alpha value is -1.92. The lowest BCUT2D eigenvalue weighted by atomic mass is 10.2. The smallest absolute Gasteiger partial charge is 0.123 e. The Morgan fingerprint density at radius 1 is 1.19 bits per heavy atom. The Balaban J connectivity index is 1.64. The lowest BCUT2D eigenvalue weighted by Crippen LogP contribution is -2.21. The van der Waals surface area contributed by atoms with E-state index in [-0.39, 0.29) is 6.61 Å². The zero-order valence-corrected chi connectivity index (χ0v) is 16.2. The van der Waals surface area contributed by atoms with Crippen LogP contribution < -0.4 is 5.32 Å². The van der Waals surface area contributed by atoms with Crippen molar-refractivity contribution in [3.8, 4) is 10.6 Å². The zero-order chi connectivity index (χ0) is 18.4. The van der Waals surface area contributed by atoms with Gasteiger partial charge in [-0.05, 0) is 30.8 Å². The van der Waals surface area contributed by atoms with Gasteiger partial charge in [0.25, 0.3) is 0 Å². The van der Waals surface area contributed by atoms with Crippen molar-refractivity contribution < 1.29 is 5.11 Å². The number of anilines is 1. The summed E-state index contributed by atoms with van der Waals surface area (Å²) in [5.74, 6) is 0. The molecule has 0 aliphatic heterocycles. The van der Waals surface area contributed by atoms with Crippen LogP contribution in [0.15, 0.2) is 54.7 Å². The fraction of sp³-hybridized carbons (Fsp3) is 0.250. The number of halogens is 1. The second kappa shape index (κ2) is 9.14. The van der Waals surface area contributed by atoms with Crippen LogP contribution in [0, 0.1) is 0 Å². The average molecular weight is 388 g/mol. The van der Waals surface area contributed by atoms with Crippen molar-refractivity contribution >= 4 is 28.6 Å². The summed E-state index contributed by atoms with van der Waals surface area (Å²) in [6.45, 7) is 2.18. The van der Waals surface area contributed by atoms with Crippen LogP contribution in [0.25, 0.3) is 10.6 Å². The maximum Gasteiger partial charge on any atom is 0.123 e. The van der Waals surface area contributed by atoms with Gasteiger partial charge in [-0.15, -0.1) is 11.3 Å². The molecule has 4 nitrogen and oxygen atoms in total. The predicted molar refractivity (Wildman–Crippen MR) is 110 cm³/mol. The van der Waals surface area contributed by atoms with Crippen molar-refractivity contribution in [3.63, 3.8) is 0 Å². The number of rotatable bonds is 8. The van der Waals surface area contributed by atoms with Crippen LogP contribution in [0.1, 0.15) is 10.4 Å². The molecule has 1 heterocycles. The number of aliphatic hydroxyl groups excluding tert-OH is 1. The number of hydrogen-bond acceptors (Lipinski definition) is 5. The Bertz CT molecular complexity index is 838. The van der Waals surface area contributed by atoms with Gasteiger partial charge in [-0.1, -0.05) is 41.9 Å². The average Bonchev–Trinajstić information content (AvgIpc) is 3.12. The molecule has 0 atom stereocenters. The van der Waals surface area contributed by atoms with Crippen molar-refractivity contribution in [2.45, 2.75) is 13.1 Å². The monoisotopic (exact) mass is 387 g/mol. The first-order valence-electron chi connectivity index (χ1n) is 8.47. The first kappa shape index (κ1) is 18.9. The first-order chi connectivity index (χ1) is 12.7. The van der Waals surface area contributed by atoms with E-state index in [1.165, 1.54) is 4.88 Å². The van der Waals surface area contributed by atoms with Crippen molar-refractivity contribution in [1.29, 1.82) is 0 Å². The molecule has 2 N–H and O–H groups in total. The van der Waals surface area contributed by atoms with E-state index >= 15 is 0 Å². The molecule has 0 aliphatic rings. The molecular weight excluding hydrogens is 366 g/mol. The van der Waals surface area contributed by atoms with Crippen molar-refractivity contribution in [2.75, 3.05) is 25.5 Å². The summed E-state index contributed by atoms with van der Waals surface area (Å²) in [4.78, 5) is 7.74. The molecule has 0 saturated carbocycles. The molecular formula is C20H22ClN3OS. The van der Waals surface area contributed by atoms with Gasteiger partial charge in [0.2, 0.25) is 0 Å². The summed E-state index contributed by atoms with van der Waals surface area (Å²) >= 11 is 8.00. The summed E-state index contributed by atoms with van der Waals surface area (Å²) in [7, 11) is 1.97. The van der Waals surface area contributed by atoms with Gasteiger partial charge < -0.3 is 10.4 Å². The fourth-order valence-corrected chi connectivity index (χ4v) is 3.67. The molecule has 0 unspecified atom stereocenters. The number of thiazole rings is 1. The van der Waals surface area contributed by atoms with Gasteiger partial charge in [0.1, 0.15) is 5.01 Å². The molecule has 0 spiro atoms. The summed E-state index contributed by atoms with van der Waals surface area (Å²) in [5.41, 5.74) is 3.21. The minimum Gasteiger partial charge on any atom is -0.395 e. The number of aromatic nitrogens is 1. The summed E-state index contributed by atoms with van der Waals surface area (Å²) in [6, 6.07) is 16.2. The van der Waals surface area contributed by atoms with E-state index in [1.54, 1.807) is 11.3 Å². The van der Waals surface area contributed by atoms with Crippen LogP contribution in [0.4, 0.5) is 5.69 Å². The number of likely N-dealkylation sites (N-methyl/N-ethyl adjacent to an activating group) is 1. The van der Waals surface area contributed by atoms with E-state index in [0.29, 0.717) is 13.1 Å². The predicted octanol–water partition coefficient (Wildman–Crippen LogP) is 4.50. The molecule has 0 fully saturated rings. The second-order valence-corrected chi connectivity index (χ2v) is 7.64. The van der Waals surface area contributed by atoms with Crippen LogP contribution in [0.3, 0.4) is 0 Å². The van der Waals surface area contributed by atoms with E-state index in [9.17, 15) is 0 Å². The molecule has 0 radical (unpaired) electrons. The third kappa shape index (κ3) is 5.05. The lowest BCUT2D eigenvalue weighted by Gasteiger charge is -2.17. The van der Waals surface area contributed by atoms with E-state index < -0.39 is 0 Å². The van der Waals surface area contributed by atoms with Crippen molar-refractivity contribution in [1.82, 2.24) is 9.88 Å². The fourth-order valence-electron chi connectivity index (χ4n) is 2.64. The van der Waals surface area contributed by atoms with E-state index in [1.807, 2.05) is 48.5 Å². The second-order valence-electron chi connectivity index (χ2n) is 6.12. The molecule has 3 aromatic rings. The van der Waals surface area contributed by atoms with Crippen molar-refractivity contribution in [2.24, 2.45) is 0 Å². The highest BCUT2D eigenvalue weighted by Gasteiger charge is 2.07. The highest BCUT2D eigenvalue weighted by molar-refractivity contribution is 7.15. The van der Waals surface area contributed by atoms with Gasteiger partial charge in [-0.2, -0.15) is 0 Å². The third-order valence-electron chi connectivity index (χ3n) is 4.01. The van der Waals surface area contributed by atoms with E-state index in [4.69, 9.17) is 16.7 Å². The number of benzene rings is 2. The Labute approximate surface area is 163 Å². The van der Waals surface area contributed by atoms with Crippen molar-refractivity contribution in [3.05, 3.63) is 70.2 Å². The summed E-state index contributed by atoms with van der Waals surface area (Å²) < 4.78 is 0. The molecule has 26 heavy (non-hydrogen) atoms. The van der Waals surface area contributed by atoms with Gasteiger partial charge in [-0.25, -0.2) is 4.98 Å². The minimum atomic E-state index is 0.140. The number of nitrogens with zero attached hydrogens (tertiary/aromatic N) is 2. The molecule has 3 rings (SSSR count). The van der Waals surface area contributed by atoms with Gasteiger partial charge in [0, 0.05) is 40.4 Å². The Morgan fingerprint density at radius 2 is 2.00 bits per heavy atom. The number of nitrogens with one attached hydrogen (secondary N) is 1. The Morgan fingerprint density at radius 3 is 2.77 bits per heavy atom. The normalized spacial score (nSPS) is 11.1. The van der Waals surface area contributed by atoms with Crippen LogP contribution in [0.2, 0.25) is 5.02 Å². The van der Waals surface area contributed by atoms with Crippen LogP contribution in [-0.2, 0) is 13.1 Å². The quantitative estimate of drug-likeness (QED) is 0.597. The lowest BCUT2D eigenvalue weighted by molar-refractivity contribution is 0.217. The molecule has 136 valence electrons. The van der Waals surface area contributed by atoms with Gasteiger partial charge in [-0.3, -0.25) is 4.90 Å². The Kier molecular flexibility index (Phi) is 6.63. The maximum absolute atomic E-state index is 9.04. The molecule has 1 aromatic heterocycles. The molecule has 6 heteroatoms. The summed E-state index contributed by atoms with van der Waals surface area (Å²) in [5, 5.41) is 14.3. The van der Waals surface area contributed by atoms with Crippen LogP contribution in [0.5, 0.6) is 0 Å². The molecule has 2 aromatic carbocycles. The van der Waals surface area contributed by atoms with E-state index in [2.05, 4.69) is 28.5 Å². The molecule has 0 saturated heterocycles. The molecule has 0 bridgehead atoms. The number of hydrogen-bond donors (Lipinski definition) is 2. The van der Waals surface area contributed by atoms with Crippen LogP contribution >= 0.6 is 22.9 Å². The molecule has 0 amide bonds. The largest absolute Gasteiger partial charge is 0.395 e. The van der Waals surface area contributed by atoms with Gasteiger partial charge in [0.05, 0.1) is 13.2 Å². The highest BCUT2D eigenvalue weighted by atomic mass is 35.5. The van der Waals surface area contributed by atoms with E-state index in [0.717, 1.165) is 33.4 Å². The summed E-state index contributed by atoms with van der Waals surface area (Å²) in [6.07, 6.45) is 1.92. The first-order valence-corrected chi connectivity index (χ1v) is 9.67. The number of aliphatic hydroxyl groups is 1. The SMILES string of the molecule is CN(CCO)Cc1cc(NCc2cnc(-c3ccccc3)s2)ccc1Cl. The van der Waals surface area contributed by atoms with Gasteiger partial charge >= 0.3 is 0 Å². The van der Waals surface area contributed by atoms with Gasteiger partial charge in [0.15, 0.2) is 0 Å². The topological polar surface area (TPSA) is 48.4 Å². The third-order valence-corrected chi connectivity index (χ3v) is 5.42. The standard InChI is InChI=1S/C20H22ClN3OS/c1-24(9-10-25)14-16-11-17(7-8-19(16)21)22-12-18-13-23-20(26-18)15-5-3-2-4-6-15/h2-8,11,13,22,25H,9-10,12,14H2,1H3. The highest BCUT2D eigenvalue weighted by Crippen LogP contribution is 2.26.